The van der Waals surface area contributed by atoms with E-state index in [9.17, 15) is 4.79 Å². The summed E-state index contributed by atoms with van der Waals surface area (Å²) in [6.45, 7) is 0. The van der Waals surface area contributed by atoms with Crippen molar-refractivity contribution < 1.29 is 4.79 Å². The van der Waals surface area contributed by atoms with Gasteiger partial charge in [0.25, 0.3) is 0 Å². The van der Waals surface area contributed by atoms with E-state index < -0.39 is 0 Å². The van der Waals surface area contributed by atoms with Crippen molar-refractivity contribution >= 4 is 5.78 Å². The van der Waals surface area contributed by atoms with Crippen LogP contribution < -0.4 is 0 Å². The first kappa shape index (κ1) is 5.34. The summed E-state index contributed by atoms with van der Waals surface area (Å²) in [5.74, 6) is 5.55. The van der Waals surface area contributed by atoms with Crippen LogP contribution in [0.3, 0.4) is 0 Å². The van der Waals surface area contributed by atoms with Crippen LogP contribution in [-0.4, -0.2) is 5.78 Å². The summed E-state index contributed by atoms with van der Waals surface area (Å²) in [4.78, 5) is 11.6. The first-order chi connectivity index (χ1) is 5.36. The van der Waals surface area contributed by atoms with Crippen LogP contribution in [0.1, 0.15) is 19.3 Å². The average Bonchev–Trinajstić information content (AvgIpc) is 2.69. The zero-order valence-corrected chi connectivity index (χ0v) is 6.49. The molecule has 4 unspecified atom stereocenters. The summed E-state index contributed by atoms with van der Waals surface area (Å²) < 4.78 is 0. The molecule has 5 saturated carbocycles. The Hall–Kier alpha value is -0.330. The van der Waals surface area contributed by atoms with Crippen LogP contribution in [0.25, 0.3) is 0 Å². The fraction of sp³-hybridized carbons (Fsp3) is 0.900. The number of hydrogen-bond donors (Lipinski definition) is 0. The summed E-state index contributed by atoms with van der Waals surface area (Å²) in [5.41, 5.74) is 0. The summed E-state index contributed by atoms with van der Waals surface area (Å²) in [5, 5.41) is 0. The second-order valence-corrected chi connectivity index (χ2v) is 5.01. The molecule has 0 aromatic rings. The van der Waals surface area contributed by atoms with Crippen molar-refractivity contribution in [1.82, 2.24) is 0 Å². The van der Waals surface area contributed by atoms with E-state index in [0.29, 0.717) is 17.6 Å². The number of hydrogen-bond acceptors (Lipinski definition) is 1. The lowest BCUT2D eigenvalue weighted by Gasteiger charge is -2.36. The molecule has 0 spiro atoms. The lowest BCUT2D eigenvalue weighted by Crippen LogP contribution is -2.36. The third-order valence-electron chi connectivity index (χ3n) is 4.73. The van der Waals surface area contributed by atoms with Gasteiger partial charge in [0.2, 0.25) is 0 Å². The van der Waals surface area contributed by atoms with E-state index in [-0.39, 0.29) is 0 Å². The third-order valence-corrected chi connectivity index (χ3v) is 4.73. The van der Waals surface area contributed by atoms with Crippen molar-refractivity contribution in [2.75, 3.05) is 0 Å². The smallest absolute Gasteiger partial charge is 0.139 e. The highest BCUT2D eigenvalue weighted by Crippen LogP contribution is 2.73. The SMILES string of the molecule is O=C1C2CC3CC(C2)C2C1C32. The molecular weight excluding hydrogens is 136 g/mol. The maximum Gasteiger partial charge on any atom is 0.139 e. The summed E-state index contributed by atoms with van der Waals surface area (Å²) in [6, 6.07) is 0. The van der Waals surface area contributed by atoms with Crippen molar-refractivity contribution in [3.8, 4) is 0 Å². The number of rotatable bonds is 0. The van der Waals surface area contributed by atoms with Crippen LogP contribution in [-0.2, 0) is 4.79 Å². The van der Waals surface area contributed by atoms with E-state index >= 15 is 0 Å². The van der Waals surface area contributed by atoms with Crippen LogP contribution in [0.5, 0.6) is 0 Å². The Morgan fingerprint density at radius 1 is 1.00 bits per heavy atom. The number of carbonyl (C=O) groups is 1. The molecule has 1 heteroatoms. The van der Waals surface area contributed by atoms with E-state index in [2.05, 4.69) is 0 Å². The van der Waals surface area contributed by atoms with Crippen LogP contribution in [0.4, 0.5) is 0 Å². The molecule has 58 valence electrons. The number of ketones is 1. The second-order valence-electron chi connectivity index (χ2n) is 5.01. The predicted octanol–water partition coefficient (Wildman–Crippen LogP) is 1.48. The lowest BCUT2D eigenvalue weighted by atomic mass is 9.67. The maximum atomic E-state index is 11.6. The van der Waals surface area contributed by atoms with Gasteiger partial charge in [0.05, 0.1) is 0 Å². The van der Waals surface area contributed by atoms with Gasteiger partial charge in [0, 0.05) is 11.8 Å². The van der Waals surface area contributed by atoms with Crippen LogP contribution in [0.2, 0.25) is 0 Å². The zero-order valence-electron chi connectivity index (χ0n) is 6.49. The van der Waals surface area contributed by atoms with Crippen LogP contribution in [0.15, 0.2) is 0 Å². The summed E-state index contributed by atoms with van der Waals surface area (Å²) in [7, 11) is 0. The second kappa shape index (κ2) is 1.30. The molecule has 0 radical (unpaired) electrons. The Labute approximate surface area is 66.2 Å². The molecule has 4 bridgehead atoms. The van der Waals surface area contributed by atoms with Gasteiger partial charge < -0.3 is 0 Å². The van der Waals surface area contributed by atoms with Gasteiger partial charge >= 0.3 is 0 Å². The van der Waals surface area contributed by atoms with Gasteiger partial charge in [-0.05, 0) is 42.9 Å². The number of Topliss-reactive ketones (excluding diaryl/α,β-unsaturated/α-hetero) is 1. The number of carbonyl (C=O) groups excluding carboxylic acids is 1. The van der Waals surface area contributed by atoms with Crippen molar-refractivity contribution in [3.63, 3.8) is 0 Å². The lowest BCUT2D eigenvalue weighted by molar-refractivity contribution is -0.131. The van der Waals surface area contributed by atoms with Crippen molar-refractivity contribution in [3.05, 3.63) is 0 Å². The molecular formula is C10H12O. The Kier molecular flexibility index (Phi) is 0.630. The molecule has 0 N–H and O–H groups in total. The first-order valence-corrected chi connectivity index (χ1v) is 4.90. The molecule has 0 heterocycles. The molecule has 4 atom stereocenters. The first-order valence-electron chi connectivity index (χ1n) is 4.90. The highest BCUT2D eigenvalue weighted by molar-refractivity contribution is 5.89. The molecule has 5 aliphatic carbocycles. The van der Waals surface area contributed by atoms with Gasteiger partial charge in [-0.3, -0.25) is 4.79 Å². The Bertz CT molecular complexity index is 236. The van der Waals surface area contributed by atoms with Gasteiger partial charge in [-0.25, -0.2) is 0 Å². The van der Waals surface area contributed by atoms with Gasteiger partial charge in [-0.2, -0.15) is 0 Å². The van der Waals surface area contributed by atoms with Crippen LogP contribution >= 0.6 is 0 Å². The van der Waals surface area contributed by atoms with E-state index in [0.717, 1.165) is 23.7 Å². The molecule has 0 aromatic carbocycles. The molecule has 0 aliphatic heterocycles. The normalized spacial score (nSPS) is 68.9. The maximum absolute atomic E-state index is 11.6. The van der Waals surface area contributed by atoms with E-state index in [1.54, 1.807) is 0 Å². The van der Waals surface area contributed by atoms with E-state index in [1.807, 2.05) is 0 Å². The third kappa shape index (κ3) is 0.401. The minimum Gasteiger partial charge on any atom is -0.299 e. The Morgan fingerprint density at radius 2 is 1.64 bits per heavy atom. The Balaban J connectivity index is 1.90. The monoisotopic (exact) mass is 148 g/mol. The highest BCUT2D eigenvalue weighted by Gasteiger charge is 2.71. The topological polar surface area (TPSA) is 17.1 Å². The minimum atomic E-state index is 0.527. The molecule has 1 nitrogen and oxygen atoms in total. The van der Waals surface area contributed by atoms with Gasteiger partial charge in [0.1, 0.15) is 5.78 Å². The van der Waals surface area contributed by atoms with Gasteiger partial charge in [-0.15, -0.1) is 0 Å². The van der Waals surface area contributed by atoms with Crippen LogP contribution in [0, 0.1) is 35.5 Å². The molecule has 5 rings (SSSR count). The molecule has 5 aliphatic rings. The fourth-order valence-electron chi connectivity index (χ4n) is 4.49. The van der Waals surface area contributed by atoms with Crippen molar-refractivity contribution in [2.45, 2.75) is 19.3 Å². The van der Waals surface area contributed by atoms with E-state index in [4.69, 9.17) is 0 Å². The Morgan fingerprint density at radius 3 is 2.27 bits per heavy atom. The largest absolute Gasteiger partial charge is 0.299 e. The molecule has 5 fully saturated rings. The minimum absolute atomic E-state index is 0.527. The summed E-state index contributed by atoms with van der Waals surface area (Å²) >= 11 is 0. The van der Waals surface area contributed by atoms with E-state index in [1.165, 1.54) is 19.3 Å². The van der Waals surface area contributed by atoms with Gasteiger partial charge in [0.15, 0.2) is 0 Å². The molecule has 0 amide bonds. The quantitative estimate of drug-likeness (QED) is 0.508. The zero-order chi connectivity index (χ0) is 7.16. The molecule has 11 heavy (non-hydrogen) atoms. The average molecular weight is 148 g/mol. The molecule has 0 aromatic heterocycles. The highest BCUT2D eigenvalue weighted by atomic mass is 16.1. The van der Waals surface area contributed by atoms with Gasteiger partial charge in [-0.1, -0.05) is 0 Å². The summed E-state index contributed by atoms with van der Waals surface area (Å²) in [6.07, 6.45) is 4.02. The van der Waals surface area contributed by atoms with Crippen molar-refractivity contribution in [1.29, 1.82) is 0 Å². The predicted molar refractivity (Wildman–Crippen MR) is 39.8 cm³/mol. The molecule has 0 saturated heterocycles. The van der Waals surface area contributed by atoms with Crippen molar-refractivity contribution in [2.24, 2.45) is 35.5 Å². The fourth-order valence-corrected chi connectivity index (χ4v) is 4.49. The standard InChI is InChI=1S/C10H12O/c11-10-6-2-4-1-5(3-6)8-7(4)9(8)10/h4-9H,1-3H2.